The average Bonchev–Trinajstić information content (AvgIpc) is 3.23. The highest BCUT2D eigenvalue weighted by Crippen LogP contribution is 2.36. The third-order valence-electron chi connectivity index (χ3n) is 6.08. The number of hydrogen-bond acceptors (Lipinski definition) is 6. The fourth-order valence-corrected chi connectivity index (χ4v) is 5.78. The Bertz CT molecular complexity index is 894. The van der Waals surface area contributed by atoms with Gasteiger partial charge in [0.2, 0.25) is 11.8 Å². The van der Waals surface area contributed by atoms with Gasteiger partial charge < -0.3 is 25.7 Å². The van der Waals surface area contributed by atoms with E-state index in [1.165, 1.54) is 17.0 Å². The van der Waals surface area contributed by atoms with Crippen molar-refractivity contribution in [3.05, 3.63) is 29.8 Å². The van der Waals surface area contributed by atoms with Gasteiger partial charge in [-0.2, -0.15) is 11.8 Å². The van der Waals surface area contributed by atoms with Crippen LogP contribution in [0.3, 0.4) is 0 Å². The highest BCUT2D eigenvalue weighted by atomic mass is 32.2. The molecule has 0 saturated carbocycles. The zero-order chi connectivity index (χ0) is 23.4. The van der Waals surface area contributed by atoms with E-state index in [1.807, 2.05) is 13.8 Å². The van der Waals surface area contributed by atoms with Gasteiger partial charge in [-0.25, -0.2) is 4.79 Å². The molecule has 2 fully saturated rings. The lowest BCUT2D eigenvalue weighted by Crippen LogP contribution is -2.64. The van der Waals surface area contributed by atoms with Crippen molar-refractivity contribution in [2.75, 3.05) is 24.2 Å². The molecule has 1 aromatic rings. The Balaban J connectivity index is 1.49. The first-order chi connectivity index (χ1) is 15.2. The molecule has 174 valence electrons. The fraction of sp³-hybridized carbons (Fsp3) is 0.545. The Morgan fingerprint density at radius 2 is 2.06 bits per heavy atom. The molecule has 4 N–H and O–H groups in total. The van der Waals surface area contributed by atoms with E-state index in [4.69, 9.17) is 10.2 Å². The summed E-state index contributed by atoms with van der Waals surface area (Å²) < 4.78 is 0. The third-order valence-corrected chi connectivity index (χ3v) is 7.63. The molecule has 0 bridgehead atoms. The van der Waals surface area contributed by atoms with Crippen LogP contribution in [0.4, 0.5) is 5.69 Å². The van der Waals surface area contributed by atoms with Crippen molar-refractivity contribution in [2.24, 2.45) is 11.8 Å². The molecule has 32 heavy (non-hydrogen) atoms. The van der Waals surface area contributed by atoms with E-state index >= 15 is 0 Å². The summed E-state index contributed by atoms with van der Waals surface area (Å²) in [5, 5.41) is 24.4. The Labute approximate surface area is 190 Å². The number of carboxylic acid groups (broad SMARTS) is 2. The molecule has 0 unspecified atom stereocenters. The van der Waals surface area contributed by atoms with Crippen LogP contribution in [0.15, 0.2) is 24.3 Å². The molecule has 2 amide bonds. The fourth-order valence-electron chi connectivity index (χ4n) is 4.47. The number of β-lactam (4-membered cyclic amide) rings is 1. The Kier molecular flexibility index (Phi) is 7.78. The van der Waals surface area contributed by atoms with Crippen LogP contribution in [0.5, 0.6) is 0 Å². The molecule has 0 spiro atoms. The van der Waals surface area contributed by atoms with E-state index < -0.39 is 11.9 Å². The number of aromatic carboxylic acids is 1. The number of nitrogens with zero attached hydrogens (tertiary/aromatic N) is 1. The highest BCUT2D eigenvalue weighted by Gasteiger charge is 2.49. The number of carbonyl (C=O) groups excluding carboxylic acids is 2. The molecule has 0 aromatic heterocycles. The van der Waals surface area contributed by atoms with Crippen LogP contribution in [0, 0.1) is 11.8 Å². The van der Waals surface area contributed by atoms with Crippen LogP contribution < -0.4 is 10.6 Å². The van der Waals surface area contributed by atoms with Crippen molar-refractivity contribution < 1.29 is 29.4 Å². The lowest BCUT2D eigenvalue weighted by Gasteiger charge is -2.49. The summed E-state index contributed by atoms with van der Waals surface area (Å²) in [6.45, 7) is 4.41. The summed E-state index contributed by atoms with van der Waals surface area (Å²) in [4.78, 5) is 48.4. The van der Waals surface area contributed by atoms with Crippen molar-refractivity contribution in [3.63, 3.8) is 0 Å². The SMILES string of the molecule is CC[C@H]1C(=O)N(CC(=O)O)[C@@H]1[C@@H](C)CS[C@@H]1CN[C@H](C(=O)Nc2cccc(C(=O)O)c2)C1. The van der Waals surface area contributed by atoms with Gasteiger partial charge in [-0.05, 0) is 42.7 Å². The maximum Gasteiger partial charge on any atom is 0.335 e. The molecule has 1 aromatic carbocycles. The maximum atomic E-state index is 12.6. The third kappa shape index (κ3) is 5.42. The smallest absolute Gasteiger partial charge is 0.335 e. The summed E-state index contributed by atoms with van der Waals surface area (Å²) in [7, 11) is 0. The molecule has 2 aliphatic rings. The summed E-state index contributed by atoms with van der Waals surface area (Å²) in [5.74, 6) is -1.53. The summed E-state index contributed by atoms with van der Waals surface area (Å²) in [6, 6.07) is 5.70. The van der Waals surface area contributed by atoms with Crippen molar-refractivity contribution in [3.8, 4) is 0 Å². The molecule has 0 aliphatic carbocycles. The number of amides is 2. The Morgan fingerprint density at radius 1 is 1.31 bits per heavy atom. The zero-order valence-electron chi connectivity index (χ0n) is 18.1. The molecule has 2 saturated heterocycles. The number of carboxylic acids is 2. The normalized spacial score (nSPS) is 25.8. The van der Waals surface area contributed by atoms with E-state index in [-0.39, 0.29) is 53.1 Å². The second-order valence-electron chi connectivity index (χ2n) is 8.37. The van der Waals surface area contributed by atoms with Crippen LogP contribution in [0.1, 0.15) is 37.0 Å². The first-order valence-corrected chi connectivity index (χ1v) is 11.8. The van der Waals surface area contributed by atoms with Crippen molar-refractivity contribution in [1.82, 2.24) is 10.2 Å². The summed E-state index contributed by atoms with van der Waals surface area (Å²) >= 11 is 1.73. The van der Waals surface area contributed by atoms with E-state index in [1.54, 1.807) is 23.9 Å². The number of anilines is 1. The van der Waals surface area contributed by atoms with E-state index in [9.17, 15) is 19.2 Å². The predicted molar refractivity (Wildman–Crippen MR) is 121 cm³/mol. The monoisotopic (exact) mass is 463 g/mol. The summed E-state index contributed by atoms with van der Waals surface area (Å²) in [5.41, 5.74) is 0.557. The van der Waals surface area contributed by atoms with Gasteiger partial charge in [0.1, 0.15) is 6.54 Å². The summed E-state index contributed by atoms with van der Waals surface area (Å²) in [6.07, 6.45) is 1.34. The van der Waals surface area contributed by atoms with Crippen molar-refractivity contribution >= 4 is 41.2 Å². The minimum Gasteiger partial charge on any atom is -0.480 e. The van der Waals surface area contributed by atoms with Gasteiger partial charge in [-0.15, -0.1) is 0 Å². The van der Waals surface area contributed by atoms with Crippen molar-refractivity contribution in [1.29, 1.82) is 0 Å². The van der Waals surface area contributed by atoms with E-state index in [2.05, 4.69) is 10.6 Å². The molecule has 5 atom stereocenters. The zero-order valence-corrected chi connectivity index (χ0v) is 18.9. The van der Waals surface area contributed by atoms with E-state index in [0.29, 0.717) is 25.1 Å². The topological polar surface area (TPSA) is 136 Å². The predicted octanol–water partition coefficient (Wildman–Crippen LogP) is 1.74. The van der Waals surface area contributed by atoms with Gasteiger partial charge in [0.05, 0.1) is 17.5 Å². The van der Waals surface area contributed by atoms with Crippen molar-refractivity contribution in [2.45, 2.75) is 44.0 Å². The number of aliphatic carboxylic acids is 1. The van der Waals surface area contributed by atoms with Gasteiger partial charge in [0.25, 0.3) is 0 Å². The standard InChI is InChI=1S/C22H29N3O6S/c1-3-16-19(25(21(16)29)10-18(26)27)12(2)11-32-15-8-17(23-9-15)20(28)24-14-6-4-5-13(7-14)22(30)31/h4-7,12,15-17,19,23H,3,8-11H2,1-2H3,(H,24,28)(H,26,27)(H,30,31)/t12-,15-,16+,17-,19+/m0/s1. The average molecular weight is 464 g/mol. The molecule has 2 aliphatic heterocycles. The molecule has 0 radical (unpaired) electrons. The number of hydrogen-bond donors (Lipinski definition) is 4. The van der Waals surface area contributed by atoms with Gasteiger partial charge in [0.15, 0.2) is 0 Å². The Morgan fingerprint density at radius 3 is 2.72 bits per heavy atom. The molecule has 10 heteroatoms. The Hall–Kier alpha value is -2.59. The highest BCUT2D eigenvalue weighted by molar-refractivity contribution is 7.99. The quantitative estimate of drug-likeness (QED) is 0.385. The van der Waals surface area contributed by atoms with E-state index in [0.717, 1.165) is 5.75 Å². The van der Waals surface area contributed by atoms with Gasteiger partial charge in [-0.3, -0.25) is 14.4 Å². The number of thioether (sulfide) groups is 1. The number of likely N-dealkylation sites (tertiary alicyclic amines) is 1. The number of rotatable bonds is 10. The minimum atomic E-state index is -1.05. The van der Waals surface area contributed by atoms with Gasteiger partial charge in [0, 0.05) is 23.5 Å². The number of carbonyl (C=O) groups is 4. The molecule has 9 nitrogen and oxygen atoms in total. The van der Waals surface area contributed by atoms with Crippen LogP contribution in [0.2, 0.25) is 0 Å². The second kappa shape index (κ2) is 10.4. The number of benzene rings is 1. The first-order valence-electron chi connectivity index (χ1n) is 10.7. The lowest BCUT2D eigenvalue weighted by atomic mass is 9.78. The van der Waals surface area contributed by atoms with Crippen LogP contribution in [0.25, 0.3) is 0 Å². The molecular formula is C22H29N3O6S. The van der Waals surface area contributed by atoms with Gasteiger partial charge >= 0.3 is 11.9 Å². The lowest BCUT2D eigenvalue weighted by molar-refractivity contribution is -0.165. The van der Waals surface area contributed by atoms with Gasteiger partial charge in [-0.1, -0.05) is 19.9 Å². The van der Waals surface area contributed by atoms with Crippen LogP contribution in [-0.2, 0) is 14.4 Å². The number of nitrogens with one attached hydrogen (secondary N) is 2. The van der Waals surface area contributed by atoms with Crippen LogP contribution in [-0.4, -0.2) is 75.0 Å². The minimum absolute atomic E-state index is 0.0638. The maximum absolute atomic E-state index is 12.6. The second-order valence-corrected chi connectivity index (χ2v) is 9.70. The van der Waals surface area contributed by atoms with Crippen LogP contribution >= 0.6 is 11.8 Å². The molecule has 2 heterocycles. The largest absolute Gasteiger partial charge is 0.480 e. The molecule has 3 rings (SSSR count). The molecular weight excluding hydrogens is 434 g/mol. The first kappa shape index (κ1) is 24.1.